The monoisotopic (exact) mass is 119 g/mol. The lowest BCUT2D eigenvalue weighted by Gasteiger charge is -1.82. The smallest absolute Gasteiger partial charge is 0.0988 e. The van der Waals surface area contributed by atoms with E-state index >= 15 is 0 Å². The highest BCUT2D eigenvalue weighted by molar-refractivity contribution is 5.32. The van der Waals surface area contributed by atoms with Crippen LogP contribution in [-0.4, -0.2) is 0 Å². The molecule has 0 atom stereocenters. The maximum Gasteiger partial charge on any atom is 0.0988 e. The van der Waals surface area contributed by atoms with Crippen LogP contribution in [0.15, 0.2) is 24.3 Å². The van der Waals surface area contributed by atoms with E-state index in [1.165, 1.54) is 12.8 Å². The largest absolute Gasteiger partial charge is 0.192 e. The van der Waals surface area contributed by atoms with Crippen LogP contribution in [-0.2, 0) is 0 Å². The minimum absolute atomic E-state index is 0.678. The summed E-state index contributed by atoms with van der Waals surface area (Å²) in [6.45, 7) is 3.52. The van der Waals surface area contributed by atoms with Crippen LogP contribution in [0.2, 0.25) is 0 Å². The highest BCUT2D eigenvalue weighted by Crippen LogP contribution is 2.31. The van der Waals surface area contributed by atoms with Gasteiger partial charge in [0.25, 0.3) is 0 Å². The highest BCUT2D eigenvalue weighted by atomic mass is 14.3. The standard InChI is InChI=1S/C8H9N/c1-2-7(6-9)5-8-3-4-8/h2,5,8H,1,3-4H2/b7-5-. The van der Waals surface area contributed by atoms with E-state index in [4.69, 9.17) is 5.26 Å². The molecule has 0 aromatic rings. The van der Waals surface area contributed by atoms with Crippen molar-refractivity contribution in [2.24, 2.45) is 5.92 Å². The van der Waals surface area contributed by atoms with Crippen LogP contribution in [0, 0.1) is 17.2 Å². The van der Waals surface area contributed by atoms with Crippen LogP contribution in [0.1, 0.15) is 12.8 Å². The van der Waals surface area contributed by atoms with Gasteiger partial charge in [-0.1, -0.05) is 18.7 Å². The Bertz CT molecular complexity index is 179. The summed E-state index contributed by atoms with van der Waals surface area (Å²) in [6.07, 6.45) is 6.10. The molecule has 0 aromatic carbocycles. The summed E-state index contributed by atoms with van der Waals surface area (Å²) in [5.74, 6) is 0.678. The first-order valence-electron chi connectivity index (χ1n) is 3.11. The molecule has 1 saturated carbocycles. The second-order valence-corrected chi connectivity index (χ2v) is 2.28. The Morgan fingerprint density at radius 3 is 2.67 bits per heavy atom. The van der Waals surface area contributed by atoms with Crippen LogP contribution in [0.4, 0.5) is 0 Å². The normalized spacial score (nSPS) is 18.8. The van der Waals surface area contributed by atoms with E-state index in [1.54, 1.807) is 6.08 Å². The van der Waals surface area contributed by atoms with Crippen LogP contribution in [0.5, 0.6) is 0 Å². The number of hydrogen-bond donors (Lipinski definition) is 0. The average molecular weight is 119 g/mol. The molecule has 1 aliphatic rings. The van der Waals surface area contributed by atoms with Gasteiger partial charge in [-0.3, -0.25) is 0 Å². The first-order chi connectivity index (χ1) is 4.36. The molecule has 1 nitrogen and oxygen atoms in total. The number of hydrogen-bond acceptors (Lipinski definition) is 1. The zero-order valence-electron chi connectivity index (χ0n) is 5.30. The third-order valence-electron chi connectivity index (χ3n) is 1.39. The summed E-state index contributed by atoms with van der Waals surface area (Å²) in [5, 5.41) is 8.41. The lowest BCUT2D eigenvalue weighted by molar-refractivity contribution is 1.11. The van der Waals surface area contributed by atoms with E-state index < -0.39 is 0 Å². The van der Waals surface area contributed by atoms with Crippen molar-refractivity contribution in [1.82, 2.24) is 0 Å². The Morgan fingerprint density at radius 1 is 1.67 bits per heavy atom. The van der Waals surface area contributed by atoms with Gasteiger partial charge in [0.1, 0.15) is 0 Å². The fourth-order valence-electron chi connectivity index (χ4n) is 0.668. The van der Waals surface area contributed by atoms with Gasteiger partial charge in [0.15, 0.2) is 0 Å². The van der Waals surface area contributed by atoms with E-state index in [2.05, 4.69) is 12.6 Å². The van der Waals surface area contributed by atoms with Gasteiger partial charge < -0.3 is 0 Å². The Labute approximate surface area is 55.3 Å². The predicted octanol–water partition coefficient (Wildman–Crippen LogP) is 2.03. The molecule has 0 spiro atoms. The van der Waals surface area contributed by atoms with Gasteiger partial charge in [0.2, 0.25) is 0 Å². The summed E-state index contributed by atoms with van der Waals surface area (Å²) in [5.41, 5.74) is 0.720. The van der Waals surface area contributed by atoms with Gasteiger partial charge in [0, 0.05) is 5.57 Å². The zero-order chi connectivity index (χ0) is 6.69. The Morgan fingerprint density at radius 2 is 2.33 bits per heavy atom. The minimum Gasteiger partial charge on any atom is -0.192 e. The molecule has 0 unspecified atom stereocenters. The third-order valence-corrected chi connectivity index (χ3v) is 1.39. The maximum absolute atomic E-state index is 8.41. The lowest BCUT2D eigenvalue weighted by atomic mass is 10.2. The van der Waals surface area contributed by atoms with Crippen molar-refractivity contribution in [3.63, 3.8) is 0 Å². The summed E-state index contributed by atoms with van der Waals surface area (Å²) >= 11 is 0. The highest BCUT2D eigenvalue weighted by Gasteiger charge is 2.18. The van der Waals surface area contributed by atoms with Crippen molar-refractivity contribution in [2.45, 2.75) is 12.8 Å². The van der Waals surface area contributed by atoms with Crippen LogP contribution < -0.4 is 0 Å². The molecule has 0 radical (unpaired) electrons. The second-order valence-electron chi connectivity index (χ2n) is 2.28. The molecule has 0 amide bonds. The molecular formula is C8H9N. The molecule has 46 valence electrons. The third kappa shape index (κ3) is 1.73. The molecule has 0 heterocycles. The molecular weight excluding hydrogens is 110 g/mol. The summed E-state index contributed by atoms with van der Waals surface area (Å²) in [6, 6.07) is 2.07. The van der Waals surface area contributed by atoms with Crippen molar-refractivity contribution in [2.75, 3.05) is 0 Å². The van der Waals surface area contributed by atoms with Crippen molar-refractivity contribution in [1.29, 1.82) is 5.26 Å². The van der Waals surface area contributed by atoms with Crippen molar-refractivity contribution in [3.05, 3.63) is 24.3 Å². The number of rotatable bonds is 2. The van der Waals surface area contributed by atoms with Gasteiger partial charge in [-0.15, -0.1) is 0 Å². The molecule has 1 aliphatic carbocycles. The van der Waals surface area contributed by atoms with Crippen molar-refractivity contribution >= 4 is 0 Å². The lowest BCUT2D eigenvalue weighted by Crippen LogP contribution is -1.71. The van der Waals surface area contributed by atoms with Gasteiger partial charge in [-0.25, -0.2) is 0 Å². The van der Waals surface area contributed by atoms with Crippen LogP contribution in [0.3, 0.4) is 0 Å². The van der Waals surface area contributed by atoms with E-state index in [0.29, 0.717) is 5.92 Å². The van der Waals surface area contributed by atoms with Crippen molar-refractivity contribution in [3.8, 4) is 6.07 Å². The molecule has 9 heavy (non-hydrogen) atoms. The van der Waals surface area contributed by atoms with E-state index in [-0.39, 0.29) is 0 Å². The Balaban J connectivity index is 2.54. The topological polar surface area (TPSA) is 23.8 Å². The fourth-order valence-corrected chi connectivity index (χ4v) is 0.668. The molecule has 1 fully saturated rings. The van der Waals surface area contributed by atoms with Gasteiger partial charge in [0.05, 0.1) is 6.07 Å². The summed E-state index contributed by atoms with van der Waals surface area (Å²) in [4.78, 5) is 0. The molecule has 0 aromatic heterocycles. The molecule has 0 saturated heterocycles. The van der Waals surface area contributed by atoms with Gasteiger partial charge in [-0.2, -0.15) is 5.26 Å². The molecule has 1 heteroatoms. The van der Waals surface area contributed by atoms with Crippen LogP contribution in [0.25, 0.3) is 0 Å². The Kier molecular flexibility index (Phi) is 1.69. The summed E-state index contributed by atoms with van der Waals surface area (Å²) < 4.78 is 0. The van der Waals surface area contributed by atoms with Gasteiger partial charge in [-0.05, 0) is 18.8 Å². The predicted molar refractivity (Wildman–Crippen MR) is 36.6 cm³/mol. The Hall–Kier alpha value is -1.03. The minimum atomic E-state index is 0.678. The first-order valence-corrected chi connectivity index (χ1v) is 3.11. The van der Waals surface area contributed by atoms with Gasteiger partial charge >= 0.3 is 0 Å². The quantitative estimate of drug-likeness (QED) is 0.403. The number of nitriles is 1. The average Bonchev–Trinajstić information content (AvgIpc) is 2.66. The number of nitrogens with zero attached hydrogens (tertiary/aromatic N) is 1. The molecule has 0 bridgehead atoms. The van der Waals surface area contributed by atoms with E-state index in [0.717, 1.165) is 5.57 Å². The maximum atomic E-state index is 8.41. The SMILES string of the molecule is C=C/C(C#N)=C/C1CC1. The molecule has 0 N–H and O–H groups in total. The molecule has 1 rings (SSSR count). The van der Waals surface area contributed by atoms with E-state index in [1.807, 2.05) is 6.08 Å². The van der Waals surface area contributed by atoms with E-state index in [9.17, 15) is 0 Å². The van der Waals surface area contributed by atoms with Crippen LogP contribution >= 0.6 is 0 Å². The summed E-state index contributed by atoms with van der Waals surface area (Å²) in [7, 11) is 0. The molecule has 0 aliphatic heterocycles. The van der Waals surface area contributed by atoms with Crippen molar-refractivity contribution < 1.29 is 0 Å². The number of allylic oxidation sites excluding steroid dienone is 3. The second kappa shape index (κ2) is 2.50. The fraction of sp³-hybridized carbons (Fsp3) is 0.375. The first kappa shape index (κ1) is 6.10. The zero-order valence-corrected chi connectivity index (χ0v) is 5.30.